The van der Waals surface area contributed by atoms with E-state index in [1.807, 2.05) is 35.7 Å². The van der Waals surface area contributed by atoms with Crippen LogP contribution in [0.4, 0.5) is 5.00 Å². The number of anilines is 1. The smallest absolute Gasteiger partial charge is 0.341 e. The zero-order valence-corrected chi connectivity index (χ0v) is 16.7. The number of ether oxygens (including phenoxy) is 1. The minimum atomic E-state index is -0.396. The second kappa shape index (κ2) is 9.15. The van der Waals surface area contributed by atoms with E-state index in [1.165, 1.54) is 22.7 Å². The van der Waals surface area contributed by atoms with Gasteiger partial charge in [-0.2, -0.15) is 0 Å². The summed E-state index contributed by atoms with van der Waals surface area (Å²) in [6.45, 7) is 6.81. The molecule has 0 aliphatic carbocycles. The molecule has 144 valence electrons. The van der Waals surface area contributed by atoms with Crippen LogP contribution in [0.15, 0.2) is 35.7 Å². The van der Waals surface area contributed by atoms with Crippen LogP contribution in [-0.2, 0) is 9.53 Å². The van der Waals surface area contributed by atoms with Gasteiger partial charge in [-0.3, -0.25) is 4.79 Å². The van der Waals surface area contributed by atoms with Gasteiger partial charge >= 0.3 is 5.97 Å². The molecule has 27 heavy (non-hydrogen) atoms. The maximum absolute atomic E-state index is 12.6. The predicted molar refractivity (Wildman–Crippen MR) is 108 cm³/mol. The highest BCUT2D eigenvalue weighted by Gasteiger charge is 2.25. The number of hydrogen-bond acceptors (Lipinski definition) is 4. The highest BCUT2D eigenvalue weighted by Crippen LogP contribution is 2.36. The average Bonchev–Trinajstić information content (AvgIpc) is 3.06. The van der Waals surface area contributed by atoms with Crippen LogP contribution in [-0.4, -0.2) is 38.1 Å². The molecule has 5 nitrogen and oxygen atoms in total. The van der Waals surface area contributed by atoms with E-state index in [4.69, 9.17) is 4.74 Å². The molecule has 0 bridgehead atoms. The van der Waals surface area contributed by atoms with Crippen molar-refractivity contribution in [2.45, 2.75) is 26.7 Å². The fraction of sp³-hybridized carbons (Fsp3) is 0.429. The summed E-state index contributed by atoms with van der Waals surface area (Å²) < 4.78 is 5.25. The Bertz CT molecular complexity index is 788. The van der Waals surface area contributed by atoms with Crippen LogP contribution in [0.1, 0.15) is 37.0 Å². The number of benzene rings is 1. The van der Waals surface area contributed by atoms with Crippen LogP contribution < -0.4 is 10.2 Å². The molecule has 1 aromatic carbocycles. The Hall–Kier alpha value is -2.18. The number of carbonyl (C=O) groups excluding carboxylic acids is 2. The van der Waals surface area contributed by atoms with Gasteiger partial charge in [0.1, 0.15) is 10.6 Å². The molecule has 1 fully saturated rings. The zero-order chi connectivity index (χ0) is 19.2. The number of amides is 1. The highest BCUT2D eigenvalue weighted by molar-refractivity contribution is 7.15. The van der Waals surface area contributed by atoms with Gasteiger partial charge in [-0.25, -0.2) is 4.79 Å². The molecule has 1 aliphatic heterocycles. The van der Waals surface area contributed by atoms with Crippen molar-refractivity contribution in [3.8, 4) is 11.1 Å². The average molecular weight is 388 g/mol. The van der Waals surface area contributed by atoms with E-state index in [-0.39, 0.29) is 5.91 Å². The van der Waals surface area contributed by atoms with E-state index in [0.29, 0.717) is 29.6 Å². The third-order valence-electron chi connectivity index (χ3n) is 4.88. The molecule has 2 heterocycles. The van der Waals surface area contributed by atoms with Gasteiger partial charge < -0.3 is 15.0 Å². The summed E-state index contributed by atoms with van der Waals surface area (Å²) in [5, 5.41) is 5.44. The Morgan fingerprint density at radius 1 is 1.30 bits per heavy atom. The first-order valence-electron chi connectivity index (χ1n) is 9.56. The number of nitrogens with one attached hydrogen (secondary N) is 2. The summed E-state index contributed by atoms with van der Waals surface area (Å²) in [6.07, 6.45) is 2.40. The van der Waals surface area contributed by atoms with Gasteiger partial charge in [-0.15, -0.1) is 11.3 Å². The number of carbonyl (C=O) groups is 2. The molecule has 0 radical (unpaired) electrons. The normalized spacial score (nSPS) is 19.5. The molecule has 1 aromatic heterocycles. The third-order valence-corrected chi connectivity index (χ3v) is 5.78. The van der Waals surface area contributed by atoms with Crippen LogP contribution in [0.5, 0.6) is 0 Å². The zero-order valence-electron chi connectivity index (χ0n) is 15.9. The maximum Gasteiger partial charge on any atom is 0.341 e. The fourth-order valence-corrected chi connectivity index (χ4v) is 4.62. The predicted octanol–water partition coefficient (Wildman–Crippen LogP) is 2.85. The SMILES string of the molecule is CCOC(=O)c1c(-c2ccccc2)csc1NC(=O)C[NH+]1CCC[C@H](C)C1. The Kier molecular flexibility index (Phi) is 6.63. The molecule has 2 N–H and O–H groups in total. The van der Waals surface area contributed by atoms with Crippen molar-refractivity contribution >= 4 is 28.2 Å². The Morgan fingerprint density at radius 2 is 2.07 bits per heavy atom. The minimum Gasteiger partial charge on any atom is -0.462 e. The summed E-state index contributed by atoms with van der Waals surface area (Å²) >= 11 is 1.37. The first-order chi connectivity index (χ1) is 13.1. The van der Waals surface area contributed by atoms with Crippen molar-refractivity contribution in [3.63, 3.8) is 0 Å². The standard InChI is InChI=1S/C21H26N2O3S/c1-3-26-21(25)19-17(16-9-5-4-6-10-16)14-27-20(19)22-18(24)13-23-11-7-8-15(2)12-23/h4-6,9-10,14-15H,3,7-8,11-13H2,1-2H3,(H,22,24)/p+1/t15-/m0/s1. The molecule has 6 heteroatoms. The molecule has 1 unspecified atom stereocenters. The number of quaternary nitrogens is 1. The lowest BCUT2D eigenvalue weighted by Crippen LogP contribution is -3.14. The van der Waals surface area contributed by atoms with Gasteiger partial charge in [0, 0.05) is 16.9 Å². The molecule has 1 aliphatic rings. The van der Waals surface area contributed by atoms with Crippen molar-refractivity contribution in [3.05, 3.63) is 41.3 Å². The molecular weight excluding hydrogens is 360 g/mol. The Labute approximate surface area is 164 Å². The van der Waals surface area contributed by atoms with E-state index in [9.17, 15) is 9.59 Å². The number of hydrogen-bond donors (Lipinski definition) is 2. The first kappa shape index (κ1) is 19.6. The van der Waals surface area contributed by atoms with Crippen LogP contribution in [0, 0.1) is 5.92 Å². The number of esters is 1. The Balaban J connectivity index is 1.79. The molecule has 3 rings (SSSR count). The first-order valence-corrected chi connectivity index (χ1v) is 10.4. The molecule has 0 saturated carbocycles. The molecule has 1 saturated heterocycles. The van der Waals surface area contributed by atoms with Crippen molar-refractivity contribution in [2.24, 2.45) is 5.92 Å². The van der Waals surface area contributed by atoms with Crippen LogP contribution in [0.3, 0.4) is 0 Å². The van der Waals surface area contributed by atoms with Crippen molar-refractivity contribution in [1.82, 2.24) is 0 Å². The van der Waals surface area contributed by atoms with Gasteiger partial charge in [-0.05, 0) is 25.3 Å². The lowest BCUT2D eigenvalue weighted by molar-refractivity contribution is -0.900. The lowest BCUT2D eigenvalue weighted by Gasteiger charge is -2.27. The number of piperidine rings is 1. The van der Waals surface area contributed by atoms with Crippen molar-refractivity contribution < 1.29 is 19.2 Å². The van der Waals surface area contributed by atoms with Gasteiger partial charge in [-0.1, -0.05) is 37.3 Å². The van der Waals surface area contributed by atoms with Crippen molar-refractivity contribution in [2.75, 3.05) is 31.6 Å². The van der Waals surface area contributed by atoms with E-state index >= 15 is 0 Å². The van der Waals surface area contributed by atoms with E-state index in [0.717, 1.165) is 30.6 Å². The largest absolute Gasteiger partial charge is 0.462 e. The summed E-state index contributed by atoms with van der Waals surface area (Å²) in [5.74, 6) is 0.209. The highest BCUT2D eigenvalue weighted by atomic mass is 32.1. The summed E-state index contributed by atoms with van der Waals surface area (Å²) in [4.78, 5) is 26.5. The van der Waals surface area contributed by atoms with E-state index < -0.39 is 5.97 Å². The fourth-order valence-electron chi connectivity index (χ4n) is 3.64. The van der Waals surface area contributed by atoms with E-state index in [1.54, 1.807) is 6.92 Å². The maximum atomic E-state index is 12.6. The van der Waals surface area contributed by atoms with Gasteiger partial charge in [0.2, 0.25) is 0 Å². The van der Waals surface area contributed by atoms with Crippen LogP contribution >= 0.6 is 11.3 Å². The lowest BCUT2D eigenvalue weighted by atomic mass is 10.0. The van der Waals surface area contributed by atoms with Crippen LogP contribution in [0.25, 0.3) is 11.1 Å². The summed E-state index contributed by atoms with van der Waals surface area (Å²) in [6, 6.07) is 9.71. The summed E-state index contributed by atoms with van der Waals surface area (Å²) in [7, 11) is 0. The van der Waals surface area contributed by atoms with E-state index in [2.05, 4.69) is 12.2 Å². The number of likely N-dealkylation sites (tertiary alicyclic amines) is 1. The van der Waals surface area contributed by atoms with Gasteiger partial charge in [0.25, 0.3) is 5.91 Å². The van der Waals surface area contributed by atoms with Crippen LogP contribution in [0.2, 0.25) is 0 Å². The number of rotatable bonds is 6. The molecular formula is C21H27N2O3S+. The Morgan fingerprint density at radius 3 is 2.78 bits per heavy atom. The second-order valence-corrected chi connectivity index (χ2v) is 8.00. The summed E-state index contributed by atoms with van der Waals surface area (Å²) in [5.41, 5.74) is 2.18. The third kappa shape index (κ3) is 4.96. The quantitative estimate of drug-likeness (QED) is 0.750. The molecule has 2 aromatic rings. The molecule has 0 spiro atoms. The molecule has 1 amide bonds. The monoisotopic (exact) mass is 387 g/mol. The molecule has 2 atom stereocenters. The minimum absolute atomic E-state index is 0.0499. The van der Waals surface area contributed by atoms with Gasteiger partial charge in [0.15, 0.2) is 6.54 Å². The second-order valence-electron chi connectivity index (χ2n) is 7.12. The van der Waals surface area contributed by atoms with Crippen molar-refractivity contribution in [1.29, 1.82) is 0 Å². The number of thiophene rings is 1. The van der Waals surface area contributed by atoms with Gasteiger partial charge in [0.05, 0.1) is 19.7 Å². The topological polar surface area (TPSA) is 59.8 Å².